The van der Waals surface area contributed by atoms with Crippen molar-refractivity contribution in [2.24, 2.45) is 0 Å². The first-order valence-corrected chi connectivity index (χ1v) is 5.56. The van der Waals surface area contributed by atoms with Crippen LogP contribution in [0.25, 0.3) is 0 Å². The number of anilines is 1. The number of rotatable bonds is 3. The second-order valence-corrected chi connectivity index (χ2v) is 4.50. The van der Waals surface area contributed by atoms with Crippen molar-refractivity contribution in [1.82, 2.24) is 4.98 Å². The molecule has 0 aliphatic carbocycles. The lowest BCUT2D eigenvalue weighted by molar-refractivity contribution is 0.0315. The molecule has 0 amide bonds. The summed E-state index contributed by atoms with van der Waals surface area (Å²) in [6, 6.07) is 3.65. The standard InChI is InChI=1S/C11H15ClN2O/c1-11(5-3-7-15-11)8-14-10-9(12)4-2-6-13-10/h2,4,6H,3,5,7-8H2,1H3,(H,13,14). The van der Waals surface area contributed by atoms with E-state index < -0.39 is 0 Å². The Hall–Kier alpha value is -0.800. The molecule has 15 heavy (non-hydrogen) atoms. The first-order valence-electron chi connectivity index (χ1n) is 5.18. The molecule has 1 atom stereocenters. The SMILES string of the molecule is CC1(CNc2ncccc2Cl)CCCO1. The third-order valence-electron chi connectivity index (χ3n) is 2.69. The Morgan fingerprint density at radius 1 is 1.67 bits per heavy atom. The molecule has 1 unspecified atom stereocenters. The minimum atomic E-state index is -0.0686. The molecule has 1 aromatic rings. The van der Waals surface area contributed by atoms with Gasteiger partial charge in [-0.2, -0.15) is 0 Å². The van der Waals surface area contributed by atoms with Crippen LogP contribution in [0.15, 0.2) is 18.3 Å². The lowest BCUT2D eigenvalue weighted by Crippen LogP contribution is -2.32. The topological polar surface area (TPSA) is 34.2 Å². The molecule has 0 aromatic carbocycles. The van der Waals surface area contributed by atoms with Crippen LogP contribution in [0, 0.1) is 0 Å². The second kappa shape index (κ2) is 4.37. The van der Waals surface area contributed by atoms with Crippen molar-refractivity contribution in [2.45, 2.75) is 25.4 Å². The molecule has 3 nitrogen and oxygen atoms in total. The van der Waals surface area contributed by atoms with Gasteiger partial charge in [0.05, 0.1) is 10.6 Å². The van der Waals surface area contributed by atoms with Crippen LogP contribution in [0.4, 0.5) is 5.82 Å². The third kappa shape index (κ3) is 2.61. The van der Waals surface area contributed by atoms with Gasteiger partial charge in [-0.05, 0) is 31.9 Å². The fraction of sp³-hybridized carbons (Fsp3) is 0.545. The molecule has 1 aliphatic heterocycles. The highest BCUT2D eigenvalue weighted by Crippen LogP contribution is 2.26. The van der Waals surface area contributed by atoms with Gasteiger partial charge >= 0.3 is 0 Å². The number of pyridine rings is 1. The summed E-state index contributed by atoms with van der Waals surface area (Å²) in [6.45, 7) is 3.72. The maximum atomic E-state index is 5.99. The Kier molecular flexibility index (Phi) is 3.12. The molecule has 0 spiro atoms. The van der Waals surface area contributed by atoms with E-state index in [9.17, 15) is 0 Å². The number of ether oxygens (including phenoxy) is 1. The van der Waals surface area contributed by atoms with Crippen LogP contribution in [0.3, 0.4) is 0 Å². The zero-order valence-electron chi connectivity index (χ0n) is 8.79. The Bertz CT molecular complexity index is 337. The molecule has 1 N–H and O–H groups in total. The minimum absolute atomic E-state index is 0.0686. The van der Waals surface area contributed by atoms with Crippen LogP contribution >= 0.6 is 11.6 Å². The molecule has 2 rings (SSSR count). The first-order chi connectivity index (χ1) is 7.20. The van der Waals surface area contributed by atoms with Gasteiger partial charge in [0.25, 0.3) is 0 Å². The van der Waals surface area contributed by atoms with Crippen molar-refractivity contribution in [1.29, 1.82) is 0 Å². The van der Waals surface area contributed by atoms with Gasteiger partial charge in [0, 0.05) is 19.3 Å². The molecule has 1 saturated heterocycles. The fourth-order valence-electron chi connectivity index (χ4n) is 1.76. The molecule has 0 saturated carbocycles. The van der Waals surface area contributed by atoms with E-state index in [-0.39, 0.29) is 5.60 Å². The van der Waals surface area contributed by atoms with E-state index in [2.05, 4.69) is 17.2 Å². The molecule has 1 aromatic heterocycles. The summed E-state index contributed by atoms with van der Waals surface area (Å²) in [6.07, 6.45) is 3.95. The Balaban J connectivity index is 1.95. The number of aromatic nitrogens is 1. The van der Waals surface area contributed by atoms with E-state index in [1.54, 1.807) is 6.20 Å². The van der Waals surface area contributed by atoms with Crippen LogP contribution in [-0.2, 0) is 4.74 Å². The van der Waals surface area contributed by atoms with Crippen LogP contribution in [-0.4, -0.2) is 23.7 Å². The Morgan fingerprint density at radius 3 is 3.20 bits per heavy atom. The molecule has 4 heteroatoms. The van der Waals surface area contributed by atoms with E-state index in [1.807, 2.05) is 12.1 Å². The predicted octanol–water partition coefficient (Wildman–Crippen LogP) is 2.72. The van der Waals surface area contributed by atoms with E-state index in [1.165, 1.54) is 0 Å². The zero-order valence-corrected chi connectivity index (χ0v) is 9.55. The third-order valence-corrected chi connectivity index (χ3v) is 2.99. The van der Waals surface area contributed by atoms with Crippen LogP contribution < -0.4 is 5.32 Å². The summed E-state index contributed by atoms with van der Waals surface area (Å²) in [5, 5.41) is 3.88. The average Bonchev–Trinajstić information content (AvgIpc) is 2.65. The van der Waals surface area contributed by atoms with Crippen molar-refractivity contribution in [2.75, 3.05) is 18.5 Å². The van der Waals surface area contributed by atoms with E-state index in [0.717, 1.165) is 31.8 Å². The Morgan fingerprint density at radius 2 is 2.53 bits per heavy atom. The first kappa shape index (κ1) is 10.7. The molecular weight excluding hydrogens is 212 g/mol. The summed E-state index contributed by atoms with van der Waals surface area (Å²) in [7, 11) is 0. The molecule has 82 valence electrons. The summed E-state index contributed by atoms with van der Waals surface area (Å²) in [5.74, 6) is 0.732. The number of hydrogen-bond donors (Lipinski definition) is 1. The normalized spacial score (nSPS) is 25.5. The maximum Gasteiger partial charge on any atom is 0.144 e. The summed E-state index contributed by atoms with van der Waals surface area (Å²) in [4.78, 5) is 4.17. The van der Waals surface area contributed by atoms with Gasteiger partial charge in [0.15, 0.2) is 0 Å². The molecule has 1 fully saturated rings. The van der Waals surface area contributed by atoms with Gasteiger partial charge < -0.3 is 10.1 Å². The highest BCUT2D eigenvalue weighted by atomic mass is 35.5. The quantitative estimate of drug-likeness (QED) is 0.861. The van der Waals surface area contributed by atoms with Crippen LogP contribution in [0.5, 0.6) is 0 Å². The van der Waals surface area contributed by atoms with Gasteiger partial charge in [-0.1, -0.05) is 11.6 Å². The average molecular weight is 227 g/mol. The molecular formula is C11H15ClN2O. The Labute approximate surface area is 94.8 Å². The highest BCUT2D eigenvalue weighted by molar-refractivity contribution is 6.32. The summed E-state index contributed by atoms with van der Waals surface area (Å²) < 4.78 is 5.67. The molecule has 0 bridgehead atoms. The monoisotopic (exact) mass is 226 g/mol. The maximum absolute atomic E-state index is 5.99. The second-order valence-electron chi connectivity index (χ2n) is 4.09. The van der Waals surface area contributed by atoms with Crippen molar-refractivity contribution in [3.63, 3.8) is 0 Å². The lowest BCUT2D eigenvalue weighted by Gasteiger charge is -2.23. The van der Waals surface area contributed by atoms with E-state index in [0.29, 0.717) is 5.02 Å². The van der Waals surface area contributed by atoms with Gasteiger partial charge in [-0.3, -0.25) is 0 Å². The van der Waals surface area contributed by atoms with Gasteiger partial charge in [-0.15, -0.1) is 0 Å². The number of nitrogens with one attached hydrogen (secondary N) is 1. The minimum Gasteiger partial charge on any atom is -0.373 e. The predicted molar refractivity (Wildman–Crippen MR) is 61.3 cm³/mol. The highest BCUT2D eigenvalue weighted by Gasteiger charge is 2.29. The summed E-state index contributed by atoms with van der Waals surface area (Å²) >= 11 is 5.99. The van der Waals surface area contributed by atoms with Crippen molar-refractivity contribution in [3.8, 4) is 0 Å². The number of halogens is 1. The van der Waals surface area contributed by atoms with Gasteiger partial charge in [-0.25, -0.2) is 4.98 Å². The molecule has 2 heterocycles. The number of nitrogens with zero attached hydrogens (tertiary/aromatic N) is 1. The smallest absolute Gasteiger partial charge is 0.144 e. The summed E-state index contributed by atoms with van der Waals surface area (Å²) in [5.41, 5.74) is -0.0686. The van der Waals surface area contributed by atoms with Gasteiger partial charge in [0.1, 0.15) is 5.82 Å². The zero-order chi connectivity index (χ0) is 10.7. The van der Waals surface area contributed by atoms with E-state index >= 15 is 0 Å². The van der Waals surface area contributed by atoms with E-state index in [4.69, 9.17) is 16.3 Å². The van der Waals surface area contributed by atoms with Crippen molar-refractivity contribution < 1.29 is 4.74 Å². The molecule has 1 aliphatic rings. The fourth-order valence-corrected chi connectivity index (χ4v) is 1.95. The lowest BCUT2D eigenvalue weighted by atomic mass is 10.0. The largest absolute Gasteiger partial charge is 0.373 e. The van der Waals surface area contributed by atoms with Crippen molar-refractivity contribution in [3.05, 3.63) is 23.4 Å². The van der Waals surface area contributed by atoms with Crippen LogP contribution in [0.2, 0.25) is 5.02 Å². The molecule has 0 radical (unpaired) electrons. The van der Waals surface area contributed by atoms with Crippen LogP contribution in [0.1, 0.15) is 19.8 Å². The van der Waals surface area contributed by atoms with Gasteiger partial charge in [0.2, 0.25) is 0 Å². The van der Waals surface area contributed by atoms with Crippen molar-refractivity contribution >= 4 is 17.4 Å². The number of hydrogen-bond acceptors (Lipinski definition) is 3.